The fourth-order valence-electron chi connectivity index (χ4n) is 3.71. The second-order valence-corrected chi connectivity index (χ2v) is 6.70. The summed E-state index contributed by atoms with van der Waals surface area (Å²) in [6, 6.07) is 12.2. The van der Waals surface area contributed by atoms with Gasteiger partial charge in [-0.1, -0.05) is 36.3 Å². The van der Waals surface area contributed by atoms with Gasteiger partial charge in [0.2, 0.25) is 0 Å². The lowest BCUT2D eigenvalue weighted by atomic mass is 9.79. The van der Waals surface area contributed by atoms with E-state index in [1.807, 2.05) is 6.92 Å². The van der Waals surface area contributed by atoms with Gasteiger partial charge in [-0.05, 0) is 17.5 Å². The predicted octanol–water partition coefficient (Wildman–Crippen LogP) is 4.14. The zero-order valence-electron chi connectivity index (χ0n) is 15.2. The molecule has 0 bridgehead atoms. The molecule has 2 N–H and O–H groups in total. The van der Waals surface area contributed by atoms with Crippen LogP contribution in [0.1, 0.15) is 43.0 Å². The Morgan fingerprint density at radius 1 is 1.00 bits per heavy atom. The lowest BCUT2D eigenvalue weighted by Crippen LogP contribution is -2.42. The van der Waals surface area contributed by atoms with Crippen molar-refractivity contribution in [2.75, 3.05) is 0 Å². The number of nitrogens with zero attached hydrogens (tertiary/aromatic N) is 3. The highest BCUT2D eigenvalue weighted by atomic mass is 16.6. The maximum absolute atomic E-state index is 10.9. The first-order valence-electron chi connectivity index (χ1n) is 8.90. The molecule has 3 atom stereocenters. The minimum atomic E-state index is -0.453. The van der Waals surface area contributed by atoms with Crippen molar-refractivity contribution >= 4 is 17.1 Å². The van der Waals surface area contributed by atoms with Crippen molar-refractivity contribution in [2.45, 2.75) is 31.8 Å². The van der Waals surface area contributed by atoms with E-state index in [1.165, 1.54) is 24.3 Å². The number of benzene rings is 2. The highest BCUT2D eigenvalue weighted by molar-refractivity contribution is 5.88. The van der Waals surface area contributed by atoms with E-state index in [0.717, 1.165) is 17.5 Å². The molecule has 0 unspecified atom stereocenters. The molecule has 0 amide bonds. The lowest BCUT2D eigenvalue weighted by molar-refractivity contribution is -0.385. The Bertz CT molecular complexity index is 896. The number of hydrogen-bond acceptors (Lipinski definition) is 7. The van der Waals surface area contributed by atoms with Crippen LogP contribution in [0, 0.1) is 26.1 Å². The smallest absolute Gasteiger partial charge is 0.269 e. The second-order valence-electron chi connectivity index (χ2n) is 6.70. The number of nitro benzene ring substituents is 2. The van der Waals surface area contributed by atoms with Gasteiger partial charge in [0.15, 0.2) is 0 Å². The van der Waals surface area contributed by atoms with Crippen LogP contribution in [-0.2, 0) is 0 Å². The van der Waals surface area contributed by atoms with Gasteiger partial charge in [0, 0.05) is 48.7 Å². The molecule has 2 aromatic carbocycles. The molecule has 9 heteroatoms. The third-order valence-corrected chi connectivity index (χ3v) is 5.16. The van der Waals surface area contributed by atoms with E-state index in [-0.39, 0.29) is 29.4 Å². The first kappa shape index (κ1) is 19.4. The Balaban J connectivity index is 1.93. The number of nitro groups is 2. The Hall–Kier alpha value is -3.33. The highest BCUT2D eigenvalue weighted by Gasteiger charge is 2.36. The summed E-state index contributed by atoms with van der Waals surface area (Å²) in [6.45, 7) is 1.99. The molecule has 9 nitrogen and oxygen atoms in total. The maximum Gasteiger partial charge on any atom is 0.269 e. The minimum Gasteiger partial charge on any atom is -0.411 e. The average molecular weight is 384 g/mol. The minimum absolute atomic E-state index is 0.00830. The normalized spacial score (nSPS) is 23.5. The summed E-state index contributed by atoms with van der Waals surface area (Å²) < 4.78 is 0. The van der Waals surface area contributed by atoms with Crippen LogP contribution in [0.2, 0.25) is 0 Å². The molecular formula is C19H20N4O5. The molecule has 146 valence electrons. The molecule has 2 aromatic rings. The number of nitrogens with one attached hydrogen (secondary N) is 1. The Morgan fingerprint density at radius 2 is 1.50 bits per heavy atom. The van der Waals surface area contributed by atoms with Crippen LogP contribution in [0.3, 0.4) is 0 Å². The van der Waals surface area contributed by atoms with E-state index < -0.39 is 9.85 Å². The molecule has 1 heterocycles. The third-order valence-electron chi connectivity index (χ3n) is 5.16. The van der Waals surface area contributed by atoms with Crippen molar-refractivity contribution in [3.8, 4) is 0 Å². The van der Waals surface area contributed by atoms with Gasteiger partial charge < -0.3 is 10.5 Å². The summed E-state index contributed by atoms with van der Waals surface area (Å²) in [6.07, 6.45) is 1.19. The fraction of sp³-hybridized carbons (Fsp3) is 0.316. The molecule has 1 fully saturated rings. The standard InChI is InChI=1S/C19H20N4O5/c1-2-16-18(21-24)11-17(12-3-7-14(8-4-12)22(25)26)20-19(16)13-5-9-15(10-6-13)23(27)28/h3-10,16-17,19-20,24H,2,11H2,1H3/b21-18+/t16-,17-,19+/m0/s1. The summed E-state index contributed by atoms with van der Waals surface area (Å²) >= 11 is 0. The van der Waals surface area contributed by atoms with Crippen LogP contribution >= 0.6 is 0 Å². The van der Waals surface area contributed by atoms with Crippen LogP contribution < -0.4 is 5.32 Å². The monoisotopic (exact) mass is 384 g/mol. The van der Waals surface area contributed by atoms with Gasteiger partial charge in [0.1, 0.15) is 0 Å². The van der Waals surface area contributed by atoms with Crippen LogP contribution in [0.5, 0.6) is 0 Å². The Labute approximate surface area is 161 Å². The molecule has 1 aliphatic rings. The van der Waals surface area contributed by atoms with Crippen molar-refractivity contribution in [1.82, 2.24) is 5.32 Å². The molecule has 0 aliphatic carbocycles. The van der Waals surface area contributed by atoms with E-state index in [1.54, 1.807) is 24.3 Å². The number of hydrogen-bond donors (Lipinski definition) is 2. The van der Waals surface area contributed by atoms with E-state index in [0.29, 0.717) is 12.1 Å². The first-order valence-corrected chi connectivity index (χ1v) is 8.90. The van der Waals surface area contributed by atoms with Crippen molar-refractivity contribution in [2.24, 2.45) is 11.1 Å². The Morgan fingerprint density at radius 3 is 1.93 bits per heavy atom. The van der Waals surface area contributed by atoms with Gasteiger partial charge in [0.25, 0.3) is 11.4 Å². The number of piperidine rings is 1. The van der Waals surface area contributed by atoms with Gasteiger partial charge in [0.05, 0.1) is 15.6 Å². The topological polar surface area (TPSA) is 131 Å². The summed E-state index contributed by atoms with van der Waals surface area (Å²) in [5.74, 6) is -0.0687. The highest BCUT2D eigenvalue weighted by Crippen LogP contribution is 2.37. The zero-order chi connectivity index (χ0) is 20.3. The number of rotatable bonds is 5. The molecule has 0 saturated carbocycles. The molecular weight excluding hydrogens is 364 g/mol. The molecule has 1 aliphatic heterocycles. The van der Waals surface area contributed by atoms with Crippen LogP contribution in [0.25, 0.3) is 0 Å². The predicted molar refractivity (Wildman–Crippen MR) is 102 cm³/mol. The second kappa shape index (κ2) is 8.13. The van der Waals surface area contributed by atoms with Crippen LogP contribution in [0.4, 0.5) is 11.4 Å². The summed E-state index contributed by atoms with van der Waals surface area (Å²) in [4.78, 5) is 20.9. The fourth-order valence-corrected chi connectivity index (χ4v) is 3.71. The maximum atomic E-state index is 10.9. The van der Waals surface area contributed by atoms with Crippen LogP contribution in [-0.4, -0.2) is 20.8 Å². The van der Waals surface area contributed by atoms with Gasteiger partial charge in [-0.25, -0.2) is 0 Å². The van der Waals surface area contributed by atoms with E-state index in [2.05, 4.69) is 10.5 Å². The molecule has 0 aromatic heterocycles. The summed E-state index contributed by atoms with van der Waals surface area (Å²) in [7, 11) is 0. The molecule has 0 radical (unpaired) electrons. The Kier molecular flexibility index (Phi) is 5.65. The van der Waals surface area contributed by atoms with Crippen molar-refractivity contribution in [1.29, 1.82) is 0 Å². The zero-order valence-corrected chi connectivity index (χ0v) is 15.2. The third kappa shape index (κ3) is 3.84. The number of oxime groups is 1. The summed E-state index contributed by atoms with van der Waals surface area (Å²) in [5, 5.41) is 38.3. The van der Waals surface area contributed by atoms with Crippen molar-refractivity contribution < 1.29 is 15.1 Å². The largest absolute Gasteiger partial charge is 0.411 e. The van der Waals surface area contributed by atoms with E-state index >= 15 is 0 Å². The molecule has 0 spiro atoms. The van der Waals surface area contributed by atoms with Crippen LogP contribution in [0.15, 0.2) is 53.7 Å². The first-order chi connectivity index (χ1) is 13.4. The summed E-state index contributed by atoms with van der Waals surface area (Å²) in [5.41, 5.74) is 2.34. The molecule has 3 rings (SSSR count). The lowest BCUT2D eigenvalue weighted by Gasteiger charge is -2.38. The van der Waals surface area contributed by atoms with Gasteiger partial charge in [-0.2, -0.15) is 0 Å². The van der Waals surface area contributed by atoms with Gasteiger partial charge in [-0.15, -0.1) is 0 Å². The average Bonchev–Trinajstić information content (AvgIpc) is 2.72. The van der Waals surface area contributed by atoms with E-state index in [4.69, 9.17) is 0 Å². The van der Waals surface area contributed by atoms with Gasteiger partial charge in [-0.3, -0.25) is 20.2 Å². The van der Waals surface area contributed by atoms with Gasteiger partial charge >= 0.3 is 0 Å². The SMILES string of the molecule is CC[C@H]1/C(=N/O)C[C@@H](c2ccc([N+](=O)[O-])cc2)N[C@@H]1c1ccc([N+](=O)[O-])cc1. The molecule has 28 heavy (non-hydrogen) atoms. The van der Waals surface area contributed by atoms with Crippen molar-refractivity contribution in [3.63, 3.8) is 0 Å². The van der Waals surface area contributed by atoms with E-state index in [9.17, 15) is 25.4 Å². The molecule has 1 saturated heterocycles. The van der Waals surface area contributed by atoms with Crippen molar-refractivity contribution in [3.05, 3.63) is 79.9 Å². The quantitative estimate of drug-likeness (QED) is 0.452. The number of non-ortho nitro benzene ring substituents is 2.